The van der Waals surface area contributed by atoms with Gasteiger partial charge < -0.3 is 0 Å². The molecule has 0 fully saturated rings. The maximum Gasteiger partial charge on any atom is 0.196 e. The lowest BCUT2D eigenvalue weighted by molar-refractivity contribution is 0.0994. The molecule has 2 nitrogen and oxygen atoms in total. The zero-order valence-electron chi connectivity index (χ0n) is 9.42. The third kappa shape index (κ3) is 2.03. The molecule has 0 aliphatic carbocycles. The van der Waals surface area contributed by atoms with Crippen LogP contribution in [0.5, 0.6) is 0 Å². The fraction of sp³-hybridized carbons (Fsp3) is 0.0714. The maximum absolute atomic E-state index is 12.5. The summed E-state index contributed by atoms with van der Waals surface area (Å²) in [4.78, 5) is 13.6. The highest BCUT2D eigenvalue weighted by Gasteiger charge is 2.34. The van der Waals surface area contributed by atoms with Crippen LogP contribution in [0, 0.1) is 0 Å². The molecular formula is C14H10INOS. The van der Waals surface area contributed by atoms with E-state index in [1.165, 1.54) is 4.90 Å². The maximum atomic E-state index is 12.5. The second-order valence-electron chi connectivity index (χ2n) is 3.98. The van der Waals surface area contributed by atoms with Gasteiger partial charge in [0.05, 0.1) is 28.6 Å². The van der Waals surface area contributed by atoms with Crippen LogP contribution in [0.4, 0.5) is 5.69 Å². The van der Waals surface area contributed by atoms with Gasteiger partial charge in [-0.3, -0.25) is 7.91 Å². The Morgan fingerprint density at radius 3 is 2.44 bits per heavy atom. The second-order valence-corrected chi connectivity index (χ2v) is 6.14. The van der Waals surface area contributed by atoms with Gasteiger partial charge >= 0.3 is 0 Å². The van der Waals surface area contributed by atoms with Crippen LogP contribution < -0.4 is 3.11 Å². The van der Waals surface area contributed by atoms with Crippen LogP contribution in [-0.2, 0) is 0 Å². The number of thioether (sulfide) groups is 1. The summed E-state index contributed by atoms with van der Waals surface area (Å²) < 4.78 is 2.02. The van der Waals surface area contributed by atoms with Gasteiger partial charge in [0, 0.05) is 10.5 Å². The predicted octanol–water partition coefficient (Wildman–Crippen LogP) is 4.16. The summed E-state index contributed by atoms with van der Waals surface area (Å²) in [5, 5.41) is -0.162. The monoisotopic (exact) mass is 367 g/mol. The second kappa shape index (κ2) is 4.93. The van der Waals surface area contributed by atoms with Crippen molar-refractivity contribution in [1.29, 1.82) is 0 Å². The van der Waals surface area contributed by atoms with E-state index < -0.39 is 0 Å². The van der Waals surface area contributed by atoms with E-state index in [4.69, 9.17) is 0 Å². The van der Waals surface area contributed by atoms with Crippen molar-refractivity contribution in [3.05, 3.63) is 60.2 Å². The van der Waals surface area contributed by atoms with Gasteiger partial charge in [-0.25, -0.2) is 0 Å². The van der Waals surface area contributed by atoms with Crippen LogP contribution in [-0.4, -0.2) is 11.2 Å². The lowest BCUT2D eigenvalue weighted by Gasteiger charge is -2.17. The summed E-state index contributed by atoms with van der Waals surface area (Å²) in [6.07, 6.45) is 0. The minimum absolute atomic E-state index is 0.159. The number of benzene rings is 2. The van der Waals surface area contributed by atoms with E-state index in [0.717, 1.165) is 11.3 Å². The van der Waals surface area contributed by atoms with Crippen LogP contribution in [0.1, 0.15) is 10.4 Å². The van der Waals surface area contributed by atoms with Gasteiger partial charge in [-0.15, -0.1) is 0 Å². The van der Waals surface area contributed by atoms with Crippen molar-refractivity contribution < 1.29 is 4.79 Å². The summed E-state index contributed by atoms with van der Waals surface area (Å²) in [7, 11) is 0. The minimum Gasteiger partial charge on any atom is -0.293 e. The molecule has 0 aromatic heterocycles. The van der Waals surface area contributed by atoms with E-state index in [2.05, 4.69) is 28.9 Å². The Morgan fingerprint density at radius 2 is 1.72 bits per heavy atom. The molecule has 0 amide bonds. The van der Waals surface area contributed by atoms with Crippen molar-refractivity contribution in [2.75, 3.05) is 3.11 Å². The number of para-hydroxylation sites is 1. The van der Waals surface area contributed by atoms with Crippen molar-refractivity contribution in [3.8, 4) is 0 Å². The highest BCUT2D eigenvalue weighted by molar-refractivity contribution is 14.1. The summed E-state index contributed by atoms with van der Waals surface area (Å²) in [6.45, 7) is 0. The smallest absolute Gasteiger partial charge is 0.196 e. The third-order valence-corrected chi connectivity index (χ3v) is 5.52. The first kappa shape index (κ1) is 12.0. The van der Waals surface area contributed by atoms with E-state index in [1.54, 1.807) is 11.8 Å². The summed E-state index contributed by atoms with van der Waals surface area (Å²) in [6, 6.07) is 17.6. The molecule has 0 saturated heterocycles. The zero-order valence-corrected chi connectivity index (χ0v) is 12.4. The number of anilines is 1. The predicted molar refractivity (Wildman–Crippen MR) is 83.4 cm³/mol. The first-order valence-corrected chi connectivity index (χ1v) is 7.42. The standard InChI is InChI=1S/C14H10INOS/c15-16-11-8-4-5-9-12(11)18-14(16)13(17)10-6-2-1-3-7-10/h1-9,14H. The average Bonchev–Trinajstić information content (AvgIpc) is 2.77. The fourth-order valence-electron chi connectivity index (χ4n) is 1.93. The van der Waals surface area contributed by atoms with Gasteiger partial charge in [-0.1, -0.05) is 54.2 Å². The highest BCUT2D eigenvalue weighted by Crippen LogP contribution is 2.46. The number of fused-ring (bicyclic) bond motifs is 1. The van der Waals surface area contributed by atoms with Crippen molar-refractivity contribution in [2.45, 2.75) is 10.3 Å². The molecule has 1 atom stereocenters. The number of ketones is 1. The van der Waals surface area contributed by atoms with Crippen LogP contribution in [0.2, 0.25) is 0 Å². The number of carbonyl (C=O) groups excluding carboxylic acids is 1. The molecule has 0 spiro atoms. The van der Waals surface area contributed by atoms with Crippen molar-refractivity contribution in [2.24, 2.45) is 0 Å². The Kier molecular flexibility index (Phi) is 3.30. The molecule has 0 N–H and O–H groups in total. The molecular weight excluding hydrogens is 357 g/mol. The number of Topliss-reactive ketones (excluding diaryl/α,β-unsaturated/α-hetero) is 1. The Morgan fingerprint density at radius 1 is 1.06 bits per heavy atom. The SMILES string of the molecule is O=C(c1ccccc1)C1Sc2ccccc2N1I. The lowest BCUT2D eigenvalue weighted by atomic mass is 10.1. The molecule has 4 heteroatoms. The van der Waals surface area contributed by atoms with Crippen LogP contribution in [0.3, 0.4) is 0 Å². The van der Waals surface area contributed by atoms with Gasteiger partial charge in [0.1, 0.15) is 0 Å². The van der Waals surface area contributed by atoms with Crippen LogP contribution in [0.25, 0.3) is 0 Å². The summed E-state index contributed by atoms with van der Waals surface area (Å²) in [5.41, 5.74) is 1.89. The van der Waals surface area contributed by atoms with E-state index in [1.807, 2.05) is 51.6 Å². The molecule has 0 radical (unpaired) electrons. The van der Waals surface area contributed by atoms with Gasteiger partial charge in [-0.2, -0.15) is 0 Å². The number of hydrogen-bond donors (Lipinski definition) is 0. The van der Waals surface area contributed by atoms with E-state index >= 15 is 0 Å². The Hall–Kier alpha value is -1.01. The number of halogens is 1. The minimum atomic E-state index is -0.162. The molecule has 2 aromatic carbocycles. The molecule has 0 bridgehead atoms. The first-order chi connectivity index (χ1) is 8.77. The molecule has 1 aliphatic rings. The van der Waals surface area contributed by atoms with Crippen LogP contribution >= 0.6 is 34.6 Å². The molecule has 18 heavy (non-hydrogen) atoms. The molecule has 2 aromatic rings. The van der Waals surface area contributed by atoms with Crippen molar-refractivity contribution in [3.63, 3.8) is 0 Å². The molecule has 3 rings (SSSR count). The van der Waals surface area contributed by atoms with Gasteiger partial charge in [0.15, 0.2) is 11.2 Å². The average molecular weight is 367 g/mol. The van der Waals surface area contributed by atoms with Crippen molar-refractivity contribution in [1.82, 2.24) is 0 Å². The fourth-order valence-corrected chi connectivity index (χ4v) is 4.24. The summed E-state index contributed by atoms with van der Waals surface area (Å²) in [5.74, 6) is 0.159. The van der Waals surface area contributed by atoms with Gasteiger partial charge in [-0.05, 0) is 12.1 Å². The van der Waals surface area contributed by atoms with Gasteiger partial charge in [0.25, 0.3) is 0 Å². The van der Waals surface area contributed by atoms with Crippen molar-refractivity contribution >= 4 is 46.1 Å². The summed E-state index contributed by atoms with van der Waals surface area (Å²) >= 11 is 3.84. The van der Waals surface area contributed by atoms with Gasteiger partial charge in [0.2, 0.25) is 0 Å². The quantitative estimate of drug-likeness (QED) is 0.452. The number of rotatable bonds is 2. The Labute approximate surface area is 124 Å². The lowest BCUT2D eigenvalue weighted by Crippen LogP contribution is -2.27. The highest BCUT2D eigenvalue weighted by atomic mass is 127. The molecule has 1 aliphatic heterocycles. The topological polar surface area (TPSA) is 20.3 Å². The normalized spacial score (nSPS) is 17.6. The molecule has 1 heterocycles. The number of carbonyl (C=O) groups is 1. The van der Waals surface area contributed by atoms with E-state index in [9.17, 15) is 4.79 Å². The van der Waals surface area contributed by atoms with E-state index in [-0.39, 0.29) is 11.2 Å². The van der Waals surface area contributed by atoms with Crippen LogP contribution in [0.15, 0.2) is 59.5 Å². The molecule has 90 valence electrons. The number of hydrogen-bond acceptors (Lipinski definition) is 3. The number of nitrogens with zero attached hydrogens (tertiary/aromatic N) is 1. The largest absolute Gasteiger partial charge is 0.293 e. The molecule has 0 saturated carbocycles. The Balaban J connectivity index is 1.91. The zero-order chi connectivity index (χ0) is 12.5. The third-order valence-electron chi connectivity index (χ3n) is 2.82. The first-order valence-electron chi connectivity index (χ1n) is 5.57. The Bertz CT molecular complexity index is 587. The van der Waals surface area contributed by atoms with E-state index in [0.29, 0.717) is 0 Å². The molecule has 1 unspecified atom stereocenters.